The summed E-state index contributed by atoms with van der Waals surface area (Å²) in [4.78, 5) is 9.56. The van der Waals surface area contributed by atoms with Crippen LogP contribution in [0.3, 0.4) is 0 Å². The van der Waals surface area contributed by atoms with Gasteiger partial charge in [-0.05, 0) is 47.8 Å². The van der Waals surface area contributed by atoms with E-state index in [1.165, 1.54) is 24.3 Å². The average Bonchev–Trinajstić information content (AvgIpc) is 3.10. The Hall–Kier alpha value is -2.72. The van der Waals surface area contributed by atoms with Gasteiger partial charge in [-0.1, -0.05) is 23.7 Å². The molecule has 11 heteroatoms. The lowest BCUT2D eigenvalue weighted by molar-refractivity contribution is -0.137. The van der Waals surface area contributed by atoms with Crippen LogP contribution in [0.25, 0.3) is 11.3 Å². The summed E-state index contributed by atoms with van der Waals surface area (Å²) in [7, 11) is 0. The summed E-state index contributed by atoms with van der Waals surface area (Å²) >= 11 is 6.01. The van der Waals surface area contributed by atoms with Crippen molar-refractivity contribution in [2.75, 3.05) is 0 Å². The average molecular weight is 478 g/mol. The van der Waals surface area contributed by atoms with Gasteiger partial charge in [0.1, 0.15) is 11.5 Å². The molecule has 0 radical (unpaired) electrons. The minimum absolute atomic E-state index is 0.0344. The first-order valence-electron chi connectivity index (χ1n) is 8.70. The molecule has 0 unspecified atom stereocenters. The molecular formula is C20H13ClF5NO3S. The molecule has 31 heavy (non-hydrogen) atoms. The number of rotatable bonds is 7. The Balaban J connectivity index is 1.91. The van der Waals surface area contributed by atoms with E-state index >= 15 is 0 Å². The highest BCUT2D eigenvalue weighted by Gasteiger charge is 2.38. The molecule has 0 atom stereocenters. The van der Waals surface area contributed by atoms with Crippen LogP contribution < -0.4 is 4.74 Å². The van der Waals surface area contributed by atoms with Crippen molar-refractivity contribution < 1.29 is 36.6 Å². The Kier molecular flexibility index (Phi) is 6.80. The molecule has 0 aliphatic carbocycles. The summed E-state index contributed by atoms with van der Waals surface area (Å²) < 4.78 is 77.8. The van der Waals surface area contributed by atoms with Gasteiger partial charge in [-0.3, -0.25) is 4.79 Å². The van der Waals surface area contributed by atoms with Crippen molar-refractivity contribution in [2.45, 2.75) is 25.6 Å². The van der Waals surface area contributed by atoms with Crippen molar-refractivity contribution in [2.24, 2.45) is 0 Å². The number of ether oxygens (including phenoxy) is 1. The number of aromatic nitrogens is 1. The summed E-state index contributed by atoms with van der Waals surface area (Å²) in [5.74, 6) is -4.30. The predicted molar refractivity (Wildman–Crippen MR) is 104 cm³/mol. The minimum Gasteiger partial charge on any atom is -0.483 e. The molecule has 0 aliphatic heterocycles. The maximum Gasteiger partial charge on any atom is 0.427 e. The van der Waals surface area contributed by atoms with Crippen LogP contribution in [-0.4, -0.2) is 15.4 Å². The monoisotopic (exact) mass is 477 g/mol. The van der Waals surface area contributed by atoms with Crippen molar-refractivity contribution in [3.05, 3.63) is 69.1 Å². The number of alkyl halides is 3. The van der Waals surface area contributed by atoms with Gasteiger partial charge in [0.15, 0.2) is 17.4 Å². The number of halogens is 6. The number of benzene rings is 2. The number of carboxylic acids is 1. The number of nitrogens with zero attached hydrogens (tertiary/aromatic N) is 1. The van der Waals surface area contributed by atoms with Gasteiger partial charge in [0, 0.05) is 22.6 Å². The lowest BCUT2D eigenvalue weighted by Gasteiger charge is -2.13. The van der Waals surface area contributed by atoms with E-state index in [-0.39, 0.29) is 41.2 Å². The third-order valence-electron chi connectivity index (χ3n) is 4.21. The van der Waals surface area contributed by atoms with E-state index in [0.29, 0.717) is 10.6 Å². The maximum atomic E-state index is 14.3. The Morgan fingerprint density at radius 1 is 1.13 bits per heavy atom. The van der Waals surface area contributed by atoms with E-state index in [1.807, 2.05) is 0 Å². The molecular weight excluding hydrogens is 465 g/mol. The lowest BCUT2D eigenvalue weighted by Crippen LogP contribution is -2.09. The molecule has 0 spiro atoms. The van der Waals surface area contributed by atoms with E-state index in [2.05, 4.69) is 4.37 Å². The summed E-state index contributed by atoms with van der Waals surface area (Å²) in [5.41, 5.74) is 0.0148. The summed E-state index contributed by atoms with van der Waals surface area (Å²) in [6.07, 6.45) is -5.19. The molecule has 3 aromatic rings. The SMILES string of the molecule is O=C(O)CCc1cc(F)c(OCc2c(-c3ccc(Cl)cc3)nsc2C(F)(F)F)c(F)c1. The van der Waals surface area contributed by atoms with Crippen molar-refractivity contribution >= 4 is 29.1 Å². The molecule has 0 aliphatic rings. The molecule has 2 aromatic carbocycles. The highest BCUT2D eigenvalue weighted by Crippen LogP contribution is 2.40. The largest absolute Gasteiger partial charge is 0.483 e. The third-order valence-corrected chi connectivity index (χ3v) is 5.40. The first kappa shape index (κ1) is 23.0. The Bertz CT molecular complexity index is 1080. The molecule has 164 valence electrons. The van der Waals surface area contributed by atoms with Gasteiger partial charge in [-0.15, -0.1) is 0 Å². The van der Waals surface area contributed by atoms with Crippen LogP contribution in [0.4, 0.5) is 22.0 Å². The van der Waals surface area contributed by atoms with E-state index in [9.17, 15) is 26.7 Å². The molecule has 0 bridgehead atoms. The smallest absolute Gasteiger partial charge is 0.427 e. The molecule has 3 rings (SSSR count). The number of carbonyl (C=O) groups is 1. The Labute approximate surface area is 182 Å². The Morgan fingerprint density at radius 2 is 1.74 bits per heavy atom. The van der Waals surface area contributed by atoms with E-state index in [1.54, 1.807) is 0 Å². The number of aryl methyl sites for hydroxylation is 1. The second kappa shape index (κ2) is 9.19. The zero-order chi connectivity index (χ0) is 22.8. The van der Waals surface area contributed by atoms with Crippen LogP contribution in [0, 0.1) is 11.6 Å². The zero-order valence-corrected chi connectivity index (χ0v) is 17.0. The zero-order valence-electron chi connectivity index (χ0n) is 15.5. The summed E-state index contributed by atoms with van der Waals surface area (Å²) in [6, 6.07) is 7.67. The highest BCUT2D eigenvalue weighted by molar-refractivity contribution is 7.06. The second-order valence-electron chi connectivity index (χ2n) is 6.41. The van der Waals surface area contributed by atoms with Gasteiger partial charge < -0.3 is 9.84 Å². The van der Waals surface area contributed by atoms with Gasteiger partial charge in [-0.25, -0.2) is 8.78 Å². The van der Waals surface area contributed by atoms with Crippen LogP contribution in [0.15, 0.2) is 36.4 Å². The molecule has 1 aromatic heterocycles. The standard InChI is InChI=1S/C20H13ClF5NO3S/c21-12-4-2-11(3-5-12)17-13(19(31-27-17)20(24,25)26)9-30-18-14(22)7-10(8-15(18)23)1-6-16(28)29/h2-5,7-8H,1,6,9H2,(H,28,29). The van der Waals surface area contributed by atoms with Crippen LogP contribution >= 0.6 is 23.1 Å². The van der Waals surface area contributed by atoms with E-state index in [4.69, 9.17) is 21.4 Å². The van der Waals surface area contributed by atoms with Gasteiger partial charge in [0.25, 0.3) is 0 Å². The fourth-order valence-electron chi connectivity index (χ4n) is 2.79. The fourth-order valence-corrected chi connectivity index (χ4v) is 3.68. The fraction of sp³-hybridized carbons (Fsp3) is 0.200. The molecule has 0 fully saturated rings. The van der Waals surface area contributed by atoms with E-state index < -0.39 is 41.0 Å². The van der Waals surface area contributed by atoms with Gasteiger partial charge in [-0.2, -0.15) is 17.5 Å². The maximum absolute atomic E-state index is 14.3. The normalized spacial score (nSPS) is 11.5. The van der Waals surface area contributed by atoms with Crippen molar-refractivity contribution in [3.63, 3.8) is 0 Å². The van der Waals surface area contributed by atoms with Crippen LogP contribution in [-0.2, 0) is 24.0 Å². The number of hydrogen-bond acceptors (Lipinski definition) is 4. The molecule has 1 heterocycles. The number of carboxylic acid groups (broad SMARTS) is 1. The summed E-state index contributed by atoms with van der Waals surface area (Å²) in [5, 5.41) is 9.04. The predicted octanol–water partition coefficient (Wildman–Crippen LogP) is 6.36. The molecule has 0 saturated heterocycles. The van der Waals surface area contributed by atoms with Gasteiger partial charge >= 0.3 is 12.1 Å². The molecule has 1 N–H and O–H groups in total. The highest BCUT2D eigenvalue weighted by atomic mass is 35.5. The van der Waals surface area contributed by atoms with Crippen LogP contribution in [0.1, 0.15) is 22.4 Å². The molecule has 0 amide bonds. The first-order valence-corrected chi connectivity index (χ1v) is 9.85. The molecule has 4 nitrogen and oxygen atoms in total. The molecule has 0 saturated carbocycles. The van der Waals surface area contributed by atoms with Crippen molar-refractivity contribution in [1.29, 1.82) is 0 Å². The Morgan fingerprint density at radius 3 is 2.29 bits per heavy atom. The third kappa shape index (κ3) is 5.50. The van der Waals surface area contributed by atoms with Crippen LogP contribution in [0.2, 0.25) is 5.02 Å². The van der Waals surface area contributed by atoms with Gasteiger partial charge in [0.05, 0.1) is 5.69 Å². The van der Waals surface area contributed by atoms with Crippen LogP contribution in [0.5, 0.6) is 5.75 Å². The first-order chi connectivity index (χ1) is 14.6. The number of aliphatic carboxylic acids is 1. The topological polar surface area (TPSA) is 59.4 Å². The number of hydrogen-bond donors (Lipinski definition) is 1. The van der Waals surface area contributed by atoms with Crippen molar-refractivity contribution in [1.82, 2.24) is 4.37 Å². The van der Waals surface area contributed by atoms with E-state index in [0.717, 1.165) is 12.1 Å². The second-order valence-corrected chi connectivity index (χ2v) is 7.62. The lowest BCUT2D eigenvalue weighted by atomic mass is 10.1. The van der Waals surface area contributed by atoms with Crippen molar-refractivity contribution in [3.8, 4) is 17.0 Å². The minimum atomic E-state index is -4.74. The quantitative estimate of drug-likeness (QED) is 0.402. The summed E-state index contributed by atoms with van der Waals surface area (Å²) in [6.45, 7) is -0.786. The van der Waals surface area contributed by atoms with Gasteiger partial charge in [0.2, 0.25) is 0 Å².